The number of nitrogens with zero attached hydrogens (tertiary/aromatic N) is 1. The quantitative estimate of drug-likeness (QED) is 0.736. The van der Waals surface area contributed by atoms with Crippen LogP contribution in [0.25, 0.3) is 0 Å². The molecule has 82 valence electrons. The normalized spacial score (nSPS) is 12.4. The summed E-state index contributed by atoms with van der Waals surface area (Å²) in [4.78, 5) is 15.2. The van der Waals surface area contributed by atoms with E-state index in [2.05, 4.69) is 4.98 Å². The van der Waals surface area contributed by atoms with Crippen LogP contribution < -0.4 is 5.73 Å². The van der Waals surface area contributed by atoms with Crippen molar-refractivity contribution in [2.45, 2.75) is 23.6 Å². The van der Waals surface area contributed by atoms with Gasteiger partial charge < -0.3 is 10.8 Å². The van der Waals surface area contributed by atoms with Crippen LogP contribution in [0.4, 0.5) is 0 Å². The summed E-state index contributed by atoms with van der Waals surface area (Å²) in [6, 6.07) is 3.34. The molecule has 0 aliphatic rings. The van der Waals surface area contributed by atoms with Gasteiger partial charge >= 0.3 is 0 Å². The summed E-state index contributed by atoms with van der Waals surface area (Å²) < 4.78 is 0. The largest absolute Gasteiger partial charge is 0.396 e. The van der Waals surface area contributed by atoms with Crippen molar-refractivity contribution in [1.82, 2.24) is 4.98 Å². The number of pyridine rings is 1. The zero-order valence-corrected chi connectivity index (χ0v) is 9.33. The number of aliphatic hydroxyl groups is 1. The first-order valence-electron chi connectivity index (χ1n) is 4.67. The van der Waals surface area contributed by atoms with Gasteiger partial charge in [-0.15, -0.1) is 11.8 Å². The lowest BCUT2D eigenvalue weighted by Gasteiger charge is -2.10. The van der Waals surface area contributed by atoms with Crippen LogP contribution in [0.1, 0.15) is 23.7 Å². The summed E-state index contributed by atoms with van der Waals surface area (Å²) in [5, 5.41) is 9.61. The molecular weight excluding hydrogens is 212 g/mol. The van der Waals surface area contributed by atoms with E-state index < -0.39 is 5.91 Å². The van der Waals surface area contributed by atoms with Gasteiger partial charge in [0.1, 0.15) is 5.03 Å². The zero-order valence-electron chi connectivity index (χ0n) is 8.51. The maximum atomic E-state index is 11.1. The Hall–Kier alpha value is -1.07. The molecule has 0 bridgehead atoms. The number of amides is 1. The summed E-state index contributed by atoms with van der Waals surface area (Å²) in [7, 11) is 0. The number of carbonyl (C=O) groups is 1. The van der Waals surface area contributed by atoms with Crippen LogP contribution in [0.15, 0.2) is 23.4 Å². The molecule has 1 atom stereocenters. The Kier molecular flexibility index (Phi) is 4.58. The molecule has 0 fully saturated rings. The molecule has 0 spiro atoms. The number of thioether (sulfide) groups is 1. The monoisotopic (exact) mass is 226 g/mol. The first-order chi connectivity index (χ1) is 7.15. The summed E-state index contributed by atoms with van der Waals surface area (Å²) >= 11 is 1.45. The lowest BCUT2D eigenvalue weighted by Crippen LogP contribution is -2.13. The number of aliphatic hydroxyl groups excluding tert-OH is 1. The highest BCUT2D eigenvalue weighted by atomic mass is 32.2. The van der Waals surface area contributed by atoms with E-state index in [1.165, 1.54) is 11.8 Å². The van der Waals surface area contributed by atoms with Gasteiger partial charge in [-0.2, -0.15) is 0 Å². The van der Waals surface area contributed by atoms with Gasteiger partial charge in [-0.25, -0.2) is 4.98 Å². The third-order valence-electron chi connectivity index (χ3n) is 1.89. The molecule has 1 heterocycles. The van der Waals surface area contributed by atoms with E-state index in [4.69, 9.17) is 10.8 Å². The molecule has 0 saturated carbocycles. The van der Waals surface area contributed by atoms with Crippen LogP contribution in [0, 0.1) is 0 Å². The lowest BCUT2D eigenvalue weighted by atomic mass is 10.3. The van der Waals surface area contributed by atoms with Crippen molar-refractivity contribution in [2.24, 2.45) is 5.73 Å². The molecule has 3 N–H and O–H groups in total. The highest BCUT2D eigenvalue weighted by Crippen LogP contribution is 2.25. The predicted molar refractivity (Wildman–Crippen MR) is 59.8 cm³/mol. The van der Waals surface area contributed by atoms with Crippen molar-refractivity contribution in [2.75, 3.05) is 6.61 Å². The van der Waals surface area contributed by atoms with E-state index in [-0.39, 0.29) is 11.9 Å². The maximum Gasteiger partial charge on any atom is 0.251 e. The van der Waals surface area contributed by atoms with Crippen LogP contribution in [-0.2, 0) is 0 Å². The molecule has 4 nitrogen and oxygen atoms in total. The number of hydrogen-bond acceptors (Lipinski definition) is 4. The van der Waals surface area contributed by atoms with E-state index in [0.717, 1.165) is 0 Å². The number of nitrogens with two attached hydrogens (primary N) is 1. The minimum absolute atomic E-state index is 0.132. The maximum absolute atomic E-state index is 11.1. The number of primary amides is 1. The van der Waals surface area contributed by atoms with Crippen LogP contribution in [0.3, 0.4) is 0 Å². The van der Waals surface area contributed by atoms with Gasteiger partial charge in [0.2, 0.25) is 0 Å². The Labute approximate surface area is 92.9 Å². The minimum Gasteiger partial charge on any atom is -0.396 e. The molecule has 0 aliphatic carbocycles. The van der Waals surface area contributed by atoms with Gasteiger partial charge in [-0.3, -0.25) is 4.79 Å². The molecule has 15 heavy (non-hydrogen) atoms. The Morgan fingerprint density at radius 1 is 1.73 bits per heavy atom. The topological polar surface area (TPSA) is 76.2 Å². The number of hydrogen-bond donors (Lipinski definition) is 2. The van der Waals surface area contributed by atoms with Crippen molar-refractivity contribution in [1.29, 1.82) is 0 Å². The van der Waals surface area contributed by atoms with Crippen molar-refractivity contribution < 1.29 is 9.90 Å². The van der Waals surface area contributed by atoms with Gasteiger partial charge in [0.15, 0.2) is 0 Å². The average molecular weight is 226 g/mol. The Morgan fingerprint density at radius 2 is 2.47 bits per heavy atom. The molecule has 1 unspecified atom stereocenters. The zero-order chi connectivity index (χ0) is 11.3. The predicted octanol–water partition coefficient (Wildman–Crippen LogP) is 1.04. The van der Waals surface area contributed by atoms with E-state index in [9.17, 15) is 4.79 Å². The highest BCUT2D eigenvalue weighted by Gasteiger charge is 2.12. The van der Waals surface area contributed by atoms with Crippen molar-refractivity contribution in [3.63, 3.8) is 0 Å². The summed E-state index contributed by atoms with van der Waals surface area (Å²) in [6.45, 7) is 2.10. The third-order valence-corrected chi connectivity index (χ3v) is 3.07. The molecule has 5 heteroatoms. The standard InChI is InChI=1S/C10H14N2O2S/c1-7(4-6-13)15-10-8(9(11)14)3-2-5-12-10/h2-3,5,7,13H,4,6H2,1H3,(H2,11,14). The van der Waals surface area contributed by atoms with E-state index in [1.54, 1.807) is 18.3 Å². The van der Waals surface area contributed by atoms with Crippen molar-refractivity contribution in [3.05, 3.63) is 23.9 Å². The van der Waals surface area contributed by atoms with Gasteiger partial charge in [-0.05, 0) is 18.6 Å². The highest BCUT2D eigenvalue weighted by molar-refractivity contribution is 7.99. The van der Waals surface area contributed by atoms with E-state index in [0.29, 0.717) is 17.0 Å². The molecule has 1 rings (SSSR count). The second-order valence-electron chi connectivity index (χ2n) is 3.16. The molecule has 1 aromatic heterocycles. The third kappa shape index (κ3) is 3.53. The second kappa shape index (κ2) is 5.72. The fourth-order valence-corrected chi connectivity index (χ4v) is 2.13. The molecule has 0 aliphatic heterocycles. The first-order valence-corrected chi connectivity index (χ1v) is 5.55. The second-order valence-corrected chi connectivity index (χ2v) is 4.59. The molecule has 0 radical (unpaired) electrons. The van der Waals surface area contributed by atoms with Gasteiger partial charge in [0.05, 0.1) is 5.56 Å². The average Bonchev–Trinajstić information content (AvgIpc) is 2.18. The van der Waals surface area contributed by atoms with Crippen molar-refractivity contribution in [3.8, 4) is 0 Å². The van der Waals surface area contributed by atoms with Gasteiger partial charge in [0, 0.05) is 18.1 Å². The Balaban J connectivity index is 2.79. The van der Waals surface area contributed by atoms with E-state index in [1.807, 2.05) is 6.92 Å². The number of rotatable bonds is 5. The van der Waals surface area contributed by atoms with Crippen LogP contribution in [-0.4, -0.2) is 27.9 Å². The molecule has 1 aromatic rings. The van der Waals surface area contributed by atoms with Crippen LogP contribution >= 0.6 is 11.8 Å². The smallest absolute Gasteiger partial charge is 0.251 e. The first kappa shape index (κ1) is 12.0. The van der Waals surface area contributed by atoms with Crippen LogP contribution in [0.2, 0.25) is 0 Å². The summed E-state index contributed by atoms with van der Waals surface area (Å²) in [5.74, 6) is -0.471. The fourth-order valence-electron chi connectivity index (χ4n) is 1.10. The lowest BCUT2D eigenvalue weighted by molar-refractivity contribution is 0.0997. The Bertz CT molecular complexity index is 344. The molecule has 1 amide bonds. The van der Waals surface area contributed by atoms with Crippen LogP contribution in [0.5, 0.6) is 0 Å². The molecular formula is C10H14N2O2S. The Morgan fingerprint density at radius 3 is 3.07 bits per heavy atom. The van der Waals surface area contributed by atoms with E-state index >= 15 is 0 Å². The van der Waals surface area contributed by atoms with Gasteiger partial charge in [0.25, 0.3) is 5.91 Å². The number of aromatic nitrogens is 1. The molecule has 0 saturated heterocycles. The van der Waals surface area contributed by atoms with Crippen molar-refractivity contribution >= 4 is 17.7 Å². The molecule has 0 aromatic carbocycles. The fraction of sp³-hybridized carbons (Fsp3) is 0.400. The summed E-state index contributed by atoms with van der Waals surface area (Å²) in [5.41, 5.74) is 5.66. The summed E-state index contributed by atoms with van der Waals surface area (Å²) in [6.07, 6.45) is 2.29. The number of carbonyl (C=O) groups excluding carboxylic acids is 1. The minimum atomic E-state index is -0.471. The van der Waals surface area contributed by atoms with Gasteiger partial charge in [-0.1, -0.05) is 6.92 Å². The SMILES string of the molecule is CC(CCO)Sc1ncccc1C(N)=O.